The third-order valence-corrected chi connectivity index (χ3v) is 10.4. The highest BCUT2D eigenvalue weighted by molar-refractivity contribution is 7.47. The Labute approximate surface area is 364 Å². The number of unbranched alkanes of at least 4 members (excludes halogenated alkanes) is 15. The molecule has 3 unspecified atom stereocenters. The molecule has 0 spiro atoms. The van der Waals surface area contributed by atoms with Gasteiger partial charge in [-0.2, -0.15) is 0 Å². The van der Waals surface area contributed by atoms with Gasteiger partial charge in [0.05, 0.1) is 19.8 Å². The molecule has 0 amide bonds. The van der Waals surface area contributed by atoms with Gasteiger partial charge in [-0.1, -0.05) is 165 Å². The molecule has 3 atom stereocenters. The molecule has 0 aromatic rings. The number of hydrogen-bond acceptors (Lipinski definition) is 10. The minimum absolute atomic E-state index is 0.0464. The highest BCUT2D eigenvalue weighted by atomic mass is 31.2. The molecule has 0 aliphatic heterocycles. The summed E-state index contributed by atoms with van der Waals surface area (Å²) < 4.78 is 39.0. The zero-order chi connectivity index (χ0) is 44.2. The Morgan fingerprint density at radius 1 is 0.483 bits per heavy atom. The van der Waals surface area contributed by atoms with E-state index >= 15 is 0 Å². The van der Waals surface area contributed by atoms with Crippen molar-refractivity contribution in [2.24, 2.45) is 0 Å². The predicted molar refractivity (Wildman–Crippen MR) is 242 cm³/mol. The van der Waals surface area contributed by atoms with Gasteiger partial charge >= 0.3 is 25.7 Å². The Morgan fingerprint density at radius 3 is 1.48 bits per heavy atom. The maximum absolute atomic E-state index is 12.8. The van der Waals surface area contributed by atoms with Gasteiger partial charge < -0.3 is 24.2 Å². The van der Waals surface area contributed by atoms with Crippen molar-refractivity contribution in [1.82, 2.24) is 0 Å². The van der Waals surface area contributed by atoms with Gasteiger partial charge in [0.1, 0.15) is 12.7 Å². The van der Waals surface area contributed by atoms with Crippen molar-refractivity contribution in [1.29, 1.82) is 0 Å². The van der Waals surface area contributed by atoms with E-state index in [4.69, 9.17) is 23.3 Å². The number of phosphoric ester groups is 1. The van der Waals surface area contributed by atoms with E-state index in [2.05, 4.69) is 69.4 Å². The normalized spacial score (nSPS) is 14.2. The monoisotopic (exact) mass is 867 g/mol. The molecule has 0 radical (unpaired) electrons. The van der Waals surface area contributed by atoms with Gasteiger partial charge in [-0.25, -0.2) is 4.57 Å². The molecule has 12 heteroatoms. The van der Waals surface area contributed by atoms with Crippen LogP contribution in [-0.4, -0.2) is 66.5 Å². The second kappa shape index (κ2) is 42.9. The molecular formula is C48H83O11P. The molecular weight excluding hydrogens is 783 g/mol. The highest BCUT2D eigenvalue weighted by Crippen LogP contribution is 2.43. The van der Waals surface area contributed by atoms with E-state index in [1.165, 1.54) is 44.9 Å². The molecule has 0 saturated carbocycles. The van der Waals surface area contributed by atoms with Crippen LogP contribution in [0.25, 0.3) is 0 Å². The molecule has 2 N–H and O–H groups in total. The minimum atomic E-state index is -4.75. The molecule has 0 bridgehead atoms. The number of esters is 3. The Kier molecular flexibility index (Phi) is 40.8. The number of rotatable bonds is 42. The molecule has 346 valence electrons. The van der Waals surface area contributed by atoms with Crippen LogP contribution in [0.2, 0.25) is 0 Å². The van der Waals surface area contributed by atoms with Crippen molar-refractivity contribution < 1.29 is 52.2 Å². The van der Waals surface area contributed by atoms with E-state index in [1.54, 1.807) is 0 Å². The van der Waals surface area contributed by atoms with Crippen molar-refractivity contribution in [3.8, 4) is 0 Å². The lowest BCUT2D eigenvalue weighted by molar-refractivity contribution is -0.161. The molecule has 0 aromatic heterocycles. The third kappa shape index (κ3) is 40.6. The Hall–Kier alpha value is -2.82. The van der Waals surface area contributed by atoms with E-state index in [0.717, 1.165) is 83.5 Å². The summed E-state index contributed by atoms with van der Waals surface area (Å²) in [5.74, 6) is -1.58. The maximum atomic E-state index is 12.8. The highest BCUT2D eigenvalue weighted by Gasteiger charge is 2.28. The average Bonchev–Trinajstić information content (AvgIpc) is 3.23. The van der Waals surface area contributed by atoms with E-state index in [9.17, 15) is 28.9 Å². The lowest BCUT2D eigenvalue weighted by Crippen LogP contribution is -2.30. The first-order valence-corrected chi connectivity index (χ1v) is 24.7. The summed E-state index contributed by atoms with van der Waals surface area (Å²) in [5, 5.41) is 9.71. The summed E-state index contributed by atoms with van der Waals surface area (Å²) in [6.45, 7) is 4.33. The lowest BCUT2D eigenvalue weighted by Gasteiger charge is -2.21. The molecule has 0 fully saturated rings. The van der Waals surface area contributed by atoms with Crippen LogP contribution in [-0.2, 0) is 42.2 Å². The fraction of sp³-hybridized carbons (Fsp3) is 0.729. The standard InChI is InChI=1S/C48H83O11P/c1-4-7-10-13-16-19-21-22-24-27-30-33-36-39-48(52)59-45(41-55-46(50)37-34-31-28-25-18-15-12-9-6-3)43-57-60(53,54)56-42-44(40-49)58-47(51)38-35-32-29-26-23-20-17-14-11-8-5-2/h7,10,14,16-17,19,22,24,30,33,44-45,49H,4-6,8-9,11-13,15,18,20-21,23,25-29,31-32,34-43H2,1-3H3,(H,53,54)/b10-7-,17-14-,19-16-,24-22-,33-30-. The van der Waals surface area contributed by atoms with Crippen LogP contribution in [0.1, 0.15) is 188 Å². The van der Waals surface area contributed by atoms with E-state index < -0.39 is 57.8 Å². The second-order valence-corrected chi connectivity index (χ2v) is 16.6. The van der Waals surface area contributed by atoms with Gasteiger partial charge in [0.15, 0.2) is 6.10 Å². The number of ether oxygens (including phenoxy) is 3. The Morgan fingerprint density at radius 2 is 0.917 bits per heavy atom. The number of hydrogen-bond donors (Lipinski definition) is 2. The van der Waals surface area contributed by atoms with Crippen molar-refractivity contribution in [2.45, 2.75) is 200 Å². The molecule has 60 heavy (non-hydrogen) atoms. The van der Waals surface area contributed by atoms with Crippen molar-refractivity contribution in [3.63, 3.8) is 0 Å². The van der Waals surface area contributed by atoms with Gasteiger partial charge in [-0.05, 0) is 64.2 Å². The first-order chi connectivity index (χ1) is 29.2. The van der Waals surface area contributed by atoms with Gasteiger partial charge in [0, 0.05) is 19.3 Å². The van der Waals surface area contributed by atoms with Crippen LogP contribution in [0.15, 0.2) is 60.8 Å². The van der Waals surface area contributed by atoms with Gasteiger partial charge in [-0.15, -0.1) is 0 Å². The third-order valence-electron chi connectivity index (χ3n) is 9.44. The molecule has 11 nitrogen and oxygen atoms in total. The quantitative estimate of drug-likeness (QED) is 0.0198. The number of carbonyl (C=O) groups is 3. The smallest absolute Gasteiger partial charge is 0.462 e. The largest absolute Gasteiger partial charge is 0.472 e. The Bertz CT molecular complexity index is 1240. The minimum Gasteiger partial charge on any atom is -0.462 e. The molecule has 0 aromatic carbocycles. The number of phosphoric acid groups is 1. The van der Waals surface area contributed by atoms with Crippen molar-refractivity contribution in [3.05, 3.63) is 60.8 Å². The number of aliphatic hydroxyl groups excluding tert-OH is 1. The summed E-state index contributed by atoms with van der Waals surface area (Å²) >= 11 is 0. The molecule has 0 heterocycles. The van der Waals surface area contributed by atoms with Crippen LogP contribution >= 0.6 is 7.82 Å². The summed E-state index contributed by atoms with van der Waals surface area (Å²) in [6.07, 6.45) is 42.3. The van der Waals surface area contributed by atoms with E-state index in [0.29, 0.717) is 19.3 Å². The summed E-state index contributed by atoms with van der Waals surface area (Å²) in [4.78, 5) is 47.9. The van der Waals surface area contributed by atoms with Gasteiger partial charge in [-0.3, -0.25) is 23.4 Å². The molecule has 0 aliphatic rings. The molecule has 0 saturated heterocycles. The molecule has 0 rings (SSSR count). The second-order valence-electron chi connectivity index (χ2n) is 15.2. The predicted octanol–water partition coefficient (Wildman–Crippen LogP) is 12.5. The lowest BCUT2D eigenvalue weighted by atomic mass is 10.1. The zero-order valence-electron chi connectivity index (χ0n) is 37.7. The summed E-state index contributed by atoms with van der Waals surface area (Å²) in [6, 6.07) is 0. The van der Waals surface area contributed by atoms with E-state index in [-0.39, 0.29) is 25.9 Å². The van der Waals surface area contributed by atoms with Crippen molar-refractivity contribution in [2.75, 3.05) is 26.4 Å². The molecule has 0 aliphatic carbocycles. The van der Waals surface area contributed by atoms with Crippen molar-refractivity contribution >= 4 is 25.7 Å². The fourth-order valence-electron chi connectivity index (χ4n) is 5.88. The number of carbonyl (C=O) groups excluding carboxylic acids is 3. The topological polar surface area (TPSA) is 155 Å². The van der Waals surface area contributed by atoms with Crippen LogP contribution < -0.4 is 0 Å². The summed E-state index contributed by atoms with van der Waals surface area (Å²) in [5.41, 5.74) is 0. The first kappa shape index (κ1) is 57.2. The van der Waals surface area contributed by atoms with Gasteiger partial charge in [0.2, 0.25) is 0 Å². The summed E-state index contributed by atoms with van der Waals surface area (Å²) in [7, 11) is -4.75. The van der Waals surface area contributed by atoms with Crippen LogP contribution in [0.5, 0.6) is 0 Å². The van der Waals surface area contributed by atoms with Crippen LogP contribution in [0.3, 0.4) is 0 Å². The van der Waals surface area contributed by atoms with Gasteiger partial charge in [0.25, 0.3) is 0 Å². The zero-order valence-corrected chi connectivity index (χ0v) is 38.6. The fourth-order valence-corrected chi connectivity index (χ4v) is 6.66. The number of allylic oxidation sites excluding steroid dienone is 10. The SMILES string of the molecule is CC/C=C\C/C=C\C/C=C\C/C=C\CCC(=O)OC(COC(=O)CCCCCCCCCCC)COP(=O)(O)OCC(CO)OC(=O)CCCCCCC/C=C\CCCC. The Balaban J connectivity index is 4.84. The average molecular weight is 867 g/mol. The maximum Gasteiger partial charge on any atom is 0.472 e. The van der Waals surface area contributed by atoms with Crippen LogP contribution in [0.4, 0.5) is 0 Å². The van der Waals surface area contributed by atoms with Crippen LogP contribution in [0, 0.1) is 0 Å². The first-order valence-electron chi connectivity index (χ1n) is 23.2. The number of aliphatic hydroxyl groups is 1. The van der Waals surface area contributed by atoms with E-state index in [1.807, 2.05) is 12.2 Å².